The number of aromatic carboxylic acids is 1. The molecule has 3 aromatic rings. The Morgan fingerprint density at radius 1 is 1.05 bits per heavy atom. The van der Waals surface area contributed by atoms with Crippen LogP contribution in [-0.2, 0) is 16.1 Å². The van der Waals surface area contributed by atoms with Gasteiger partial charge in [0.05, 0.1) is 36.5 Å². The number of carbonyl (C=O) groups excluding carboxylic acids is 1. The van der Waals surface area contributed by atoms with Crippen molar-refractivity contribution in [3.05, 3.63) is 88.3 Å². The first-order valence-corrected chi connectivity index (χ1v) is 14.1. The van der Waals surface area contributed by atoms with Crippen LogP contribution in [0.5, 0.6) is 11.5 Å². The van der Waals surface area contributed by atoms with E-state index in [0.717, 1.165) is 48.8 Å². The third kappa shape index (κ3) is 6.72. The molecular formula is C31H31N3O6S. The van der Waals surface area contributed by atoms with Crippen LogP contribution in [0.15, 0.2) is 76.6 Å². The molecule has 2 aliphatic rings. The number of ether oxygens (including phenoxy) is 3. The van der Waals surface area contributed by atoms with Crippen molar-refractivity contribution in [2.75, 3.05) is 44.9 Å². The lowest BCUT2D eigenvalue weighted by Crippen LogP contribution is -2.36. The molecule has 1 amide bonds. The summed E-state index contributed by atoms with van der Waals surface area (Å²) in [6.07, 6.45) is 1.83. The molecule has 0 atom stereocenters. The van der Waals surface area contributed by atoms with E-state index in [2.05, 4.69) is 17.0 Å². The number of rotatable bonds is 9. The predicted molar refractivity (Wildman–Crippen MR) is 160 cm³/mol. The molecule has 2 heterocycles. The summed E-state index contributed by atoms with van der Waals surface area (Å²) in [6, 6.07) is 20.1. The number of likely N-dealkylation sites (N-methyl/N-ethyl adjacent to an activating group) is 1. The number of nitrogens with zero attached hydrogens (tertiary/aromatic N) is 3. The maximum atomic E-state index is 13.2. The second-order valence-corrected chi connectivity index (χ2v) is 10.4. The average Bonchev–Trinajstić information content (AvgIpc) is 3.30. The van der Waals surface area contributed by atoms with Crippen molar-refractivity contribution in [3.8, 4) is 11.5 Å². The standard InChI is InChI=1S/C31H31N3O6S/c1-3-34-29(35)28(41-31(34)32-24-9-11-25(12-10-24)33-14-16-39-17-15-33)19-22-6-13-26(27(18-22)38-2)40-20-21-4-7-23(8-5-21)30(36)37/h4-13,18-19H,3,14-17,20H2,1-2H3,(H,36,37)/b28-19-,32-31?. The Kier molecular flexibility index (Phi) is 8.91. The summed E-state index contributed by atoms with van der Waals surface area (Å²) in [4.78, 5) is 33.6. The van der Waals surface area contributed by atoms with Gasteiger partial charge in [-0.05, 0) is 84.4 Å². The van der Waals surface area contributed by atoms with Crippen LogP contribution in [0.25, 0.3) is 6.08 Å². The predicted octanol–water partition coefficient (Wildman–Crippen LogP) is 5.43. The monoisotopic (exact) mass is 573 g/mol. The number of methoxy groups -OCH3 is 1. The first-order chi connectivity index (χ1) is 19.9. The molecule has 3 aromatic carbocycles. The van der Waals surface area contributed by atoms with Gasteiger partial charge in [0.15, 0.2) is 16.7 Å². The Bertz CT molecular complexity index is 1460. The molecule has 2 fully saturated rings. The molecule has 1 N–H and O–H groups in total. The van der Waals surface area contributed by atoms with Gasteiger partial charge in [-0.1, -0.05) is 18.2 Å². The molecule has 0 bridgehead atoms. The molecule has 212 valence electrons. The van der Waals surface area contributed by atoms with Crippen molar-refractivity contribution in [3.63, 3.8) is 0 Å². The average molecular weight is 574 g/mol. The molecule has 5 rings (SSSR count). The largest absolute Gasteiger partial charge is 0.493 e. The number of amidine groups is 1. The van der Waals surface area contributed by atoms with E-state index in [1.165, 1.54) is 11.8 Å². The maximum absolute atomic E-state index is 13.2. The molecule has 2 saturated heterocycles. The molecule has 0 spiro atoms. The van der Waals surface area contributed by atoms with Gasteiger partial charge in [-0.3, -0.25) is 9.69 Å². The fourth-order valence-electron chi connectivity index (χ4n) is 4.49. The number of hydrogen-bond acceptors (Lipinski definition) is 8. The van der Waals surface area contributed by atoms with Crippen LogP contribution in [0, 0.1) is 0 Å². The Labute approximate surface area is 243 Å². The maximum Gasteiger partial charge on any atom is 0.335 e. The normalized spacial score (nSPS) is 17.4. The molecule has 0 unspecified atom stereocenters. The topological polar surface area (TPSA) is 101 Å². The Morgan fingerprint density at radius 2 is 1.78 bits per heavy atom. The number of morpholine rings is 1. The molecule has 10 heteroatoms. The smallest absolute Gasteiger partial charge is 0.335 e. The highest BCUT2D eigenvalue weighted by atomic mass is 32.2. The third-order valence-corrected chi connectivity index (χ3v) is 7.74. The van der Waals surface area contributed by atoms with Crippen molar-refractivity contribution in [1.29, 1.82) is 0 Å². The summed E-state index contributed by atoms with van der Waals surface area (Å²) in [6.45, 7) is 5.90. The highest BCUT2D eigenvalue weighted by molar-refractivity contribution is 8.18. The Balaban J connectivity index is 1.29. The fourth-order valence-corrected chi connectivity index (χ4v) is 5.55. The van der Waals surface area contributed by atoms with Crippen molar-refractivity contribution in [1.82, 2.24) is 4.90 Å². The second kappa shape index (κ2) is 12.9. The van der Waals surface area contributed by atoms with E-state index in [-0.39, 0.29) is 18.1 Å². The SMILES string of the molecule is CCN1C(=O)/C(=C/c2ccc(OCc3ccc(C(=O)O)cc3)c(OC)c2)SC1=Nc1ccc(N2CCOCC2)cc1. The van der Waals surface area contributed by atoms with E-state index in [9.17, 15) is 9.59 Å². The molecule has 9 nitrogen and oxygen atoms in total. The van der Waals surface area contributed by atoms with Crippen LogP contribution in [-0.4, -0.2) is 67.0 Å². The van der Waals surface area contributed by atoms with E-state index in [4.69, 9.17) is 24.3 Å². The molecule has 0 aromatic heterocycles. The molecule has 41 heavy (non-hydrogen) atoms. The minimum Gasteiger partial charge on any atom is -0.493 e. The van der Waals surface area contributed by atoms with E-state index >= 15 is 0 Å². The van der Waals surface area contributed by atoms with Gasteiger partial charge in [-0.2, -0.15) is 0 Å². The van der Waals surface area contributed by atoms with Crippen LogP contribution >= 0.6 is 11.8 Å². The lowest BCUT2D eigenvalue weighted by molar-refractivity contribution is -0.122. The first kappa shape index (κ1) is 28.3. The third-order valence-electron chi connectivity index (χ3n) is 6.74. The summed E-state index contributed by atoms with van der Waals surface area (Å²) >= 11 is 1.35. The van der Waals surface area contributed by atoms with Gasteiger partial charge in [0, 0.05) is 25.3 Å². The van der Waals surface area contributed by atoms with Crippen LogP contribution in [0.2, 0.25) is 0 Å². The van der Waals surface area contributed by atoms with Gasteiger partial charge in [-0.25, -0.2) is 9.79 Å². The summed E-state index contributed by atoms with van der Waals surface area (Å²) < 4.78 is 16.9. The van der Waals surface area contributed by atoms with Crippen LogP contribution in [0.3, 0.4) is 0 Å². The lowest BCUT2D eigenvalue weighted by Gasteiger charge is -2.28. The van der Waals surface area contributed by atoms with Crippen LogP contribution < -0.4 is 14.4 Å². The zero-order valence-electron chi connectivity index (χ0n) is 22.9. The first-order valence-electron chi connectivity index (χ1n) is 13.3. The highest BCUT2D eigenvalue weighted by Crippen LogP contribution is 2.36. The van der Waals surface area contributed by atoms with Crippen molar-refractivity contribution >= 4 is 46.3 Å². The van der Waals surface area contributed by atoms with Crippen molar-refractivity contribution < 1.29 is 28.9 Å². The van der Waals surface area contributed by atoms with E-state index in [1.807, 2.05) is 37.3 Å². The van der Waals surface area contributed by atoms with Crippen molar-refractivity contribution in [2.45, 2.75) is 13.5 Å². The number of hydrogen-bond donors (Lipinski definition) is 1. The Hall–Kier alpha value is -4.28. The number of aliphatic imine (C=N–C) groups is 1. The highest BCUT2D eigenvalue weighted by Gasteiger charge is 2.32. The van der Waals surface area contributed by atoms with E-state index < -0.39 is 5.97 Å². The van der Waals surface area contributed by atoms with Gasteiger partial charge < -0.3 is 24.2 Å². The van der Waals surface area contributed by atoms with Crippen LogP contribution in [0.1, 0.15) is 28.4 Å². The number of thioether (sulfide) groups is 1. The fraction of sp³-hybridized carbons (Fsp3) is 0.258. The number of benzene rings is 3. The van der Waals surface area contributed by atoms with Gasteiger partial charge in [0.25, 0.3) is 5.91 Å². The van der Waals surface area contributed by atoms with Gasteiger partial charge >= 0.3 is 5.97 Å². The van der Waals surface area contributed by atoms with Gasteiger partial charge in [-0.15, -0.1) is 0 Å². The van der Waals surface area contributed by atoms with E-state index in [0.29, 0.717) is 28.1 Å². The van der Waals surface area contributed by atoms with Gasteiger partial charge in [0.2, 0.25) is 0 Å². The summed E-state index contributed by atoms with van der Waals surface area (Å²) in [5.41, 5.74) is 3.77. The molecule has 0 aliphatic carbocycles. The number of carbonyl (C=O) groups is 2. The number of amides is 1. The number of carboxylic acid groups (broad SMARTS) is 1. The minimum atomic E-state index is -0.971. The number of anilines is 1. The van der Waals surface area contributed by atoms with E-state index in [1.54, 1.807) is 42.3 Å². The summed E-state index contributed by atoms with van der Waals surface area (Å²) in [7, 11) is 1.56. The lowest BCUT2D eigenvalue weighted by atomic mass is 10.1. The minimum absolute atomic E-state index is 0.0923. The summed E-state index contributed by atoms with van der Waals surface area (Å²) in [5, 5.41) is 9.71. The van der Waals surface area contributed by atoms with Crippen molar-refractivity contribution in [2.24, 2.45) is 4.99 Å². The quantitative estimate of drug-likeness (QED) is 0.338. The zero-order chi connectivity index (χ0) is 28.8. The molecule has 0 radical (unpaired) electrons. The van der Waals surface area contributed by atoms with Crippen LogP contribution in [0.4, 0.5) is 11.4 Å². The zero-order valence-corrected chi connectivity index (χ0v) is 23.7. The summed E-state index contributed by atoms with van der Waals surface area (Å²) in [5.74, 6) is 0.00509. The Morgan fingerprint density at radius 3 is 2.44 bits per heavy atom. The van der Waals surface area contributed by atoms with Gasteiger partial charge in [0.1, 0.15) is 6.61 Å². The molecule has 0 saturated carbocycles. The molecule has 2 aliphatic heterocycles. The second-order valence-electron chi connectivity index (χ2n) is 9.37. The number of carboxylic acids is 1. The molecular weight excluding hydrogens is 542 g/mol.